The van der Waals surface area contributed by atoms with Crippen LogP contribution in [0.1, 0.15) is 67.2 Å². The molecule has 3 aliphatic carbocycles. The van der Waals surface area contributed by atoms with E-state index >= 15 is 0 Å². The summed E-state index contributed by atoms with van der Waals surface area (Å²) < 4.78 is 0. The number of Topliss-reactive ketones (excluding diaryl/α,β-unsaturated/α-hetero) is 2. The van der Waals surface area contributed by atoms with Crippen molar-refractivity contribution in [2.45, 2.75) is 73.3 Å². The number of hydrogen-bond acceptors (Lipinski definition) is 5. The van der Waals surface area contributed by atoms with Gasteiger partial charge in [-0.25, -0.2) is 0 Å². The Hall–Kier alpha value is -2.02. The molecule has 0 radical (unpaired) electrons. The second-order valence-corrected chi connectivity index (χ2v) is 11.1. The first-order valence-electron chi connectivity index (χ1n) is 10.9. The van der Waals surface area contributed by atoms with Crippen LogP contribution in [0, 0.1) is 39.4 Å². The summed E-state index contributed by atoms with van der Waals surface area (Å²) in [6.07, 6.45) is 1.44. The molecule has 0 amide bonds. The summed E-state index contributed by atoms with van der Waals surface area (Å²) in [5, 5.41) is 30.3. The third kappa shape index (κ3) is 2.95. The van der Waals surface area contributed by atoms with E-state index in [4.69, 9.17) is 0 Å². The molecule has 31 heavy (non-hydrogen) atoms. The highest BCUT2D eigenvalue weighted by Gasteiger charge is 2.72. The fraction of sp³-hybridized carbons (Fsp3) is 0.750. The van der Waals surface area contributed by atoms with Crippen LogP contribution in [-0.2, 0) is 19.2 Å². The summed E-state index contributed by atoms with van der Waals surface area (Å²) in [7, 11) is 0. The zero-order valence-corrected chi connectivity index (χ0v) is 19.2. The molecule has 0 bridgehead atoms. The van der Waals surface area contributed by atoms with E-state index < -0.39 is 51.5 Å². The Labute approximate surface area is 182 Å². The summed E-state index contributed by atoms with van der Waals surface area (Å²) in [5.74, 6) is -4.15. The number of carboxylic acids is 2. The predicted octanol–water partition coefficient (Wildman–Crippen LogP) is 3.10. The molecule has 7 nitrogen and oxygen atoms in total. The minimum atomic E-state index is -1.31. The minimum Gasteiger partial charge on any atom is -0.481 e. The lowest BCUT2D eigenvalue weighted by Gasteiger charge is -2.62. The van der Waals surface area contributed by atoms with Crippen LogP contribution >= 0.6 is 0 Å². The maximum atomic E-state index is 13.8. The van der Waals surface area contributed by atoms with Gasteiger partial charge in [0, 0.05) is 23.7 Å². The highest BCUT2D eigenvalue weighted by atomic mass is 16.4. The summed E-state index contributed by atoms with van der Waals surface area (Å²) in [6, 6.07) is 0. The van der Waals surface area contributed by atoms with E-state index in [1.807, 2.05) is 19.9 Å². The third-order valence-electron chi connectivity index (χ3n) is 9.38. The van der Waals surface area contributed by atoms with Crippen LogP contribution in [-0.4, -0.2) is 44.9 Å². The van der Waals surface area contributed by atoms with Crippen LogP contribution in [0.2, 0.25) is 0 Å². The van der Waals surface area contributed by atoms with Crippen LogP contribution in [0.4, 0.5) is 0 Å². The van der Waals surface area contributed by atoms with E-state index in [1.54, 1.807) is 20.8 Å². The van der Waals surface area contributed by atoms with Gasteiger partial charge in [-0.15, -0.1) is 0 Å². The standard InChI is InChI=1S/C24H34O7/c1-12(25)19-15(26)10-22(4)16-8-7-13(21(2,3)20(30)31)14(9-18(28)29)24(16,6)17(27)11-23(19,22)5/h7,14-16,19,26H,8-11H2,1-6H3,(H,28,29)(H,30,31)/t14-,15-,16+,19+,22-,23+,24-/m0/s1. The molecule has 2 fully saturated rings. The largest absolute Gasteiger partial charge is 0.481 e. The number of carboxylic acid groups (broad SMARTS) is 2. The molecule has 0 aromatic rings. The first-order chi connectivity index (χ1) is 14.0. The SMILES string of the molecule is CC(=O)[C@@H]1[C@@H](O)C[C@@]2(C)[C@H]3CC=C(C(C)(C)C(=O)O)[C@H](CC(=O)O)[C@]3(C)C(=O)C[C@]12C. The highest BCUT2D eigenvalue weighted by Crippen LogP contribution is 2.72. The lowest BCUT2D eigenvalue weighted by atomic mass is 9.40. The topological polar surface area (TPSA) is 129 Å². The predicted molar refractivity (Wildman–Crippen MR) is 112 cm³/mol. The van der Waals surface area contributed by atoms with Crippen molar-refractivity contribution >= 4 is 23.5 Å². The zero-order valence-electron chi connectivity index (χ0n) is 19.2. The van der Waals surface area contributed by atoms with Gasteiger partial charge in [0.2, 0.25) is 0 Å². The molecule has 2 saturated carbocycles. The number of hydrogen-bond donors (Lipinski definition) is 3. The van der Waals surface area contributed by atoms with Gasteiger partial charge in [0.15, 0.2) is 0 Å². The second-order valence-electron chi connectivity index (χ2n) is 11.1. The summed E-state index contributed by atoms with van der Waals surface area (Å²) in [6.45, 7) is 10.2. The molecule has 3 N–H and O–H groups in total. The van der Waals surface area contributed by atoms with Gasteiger partial charge in [0.05, 0.1) is 17.9 Å². The zero-order chi connectivity index (χ0) is 23.7. The molecule has 7 heteroatoms. The molecule has 172 valence electrons. The van der Waals surface area contributed by atoms with Crippen LogP contribution < -0.4 is 0 Å². The number of fused-ring (bicyclic) bond motifs is 3. The van der Waals surface area contributed by atoms with Crippen LogP contribution in [0.15, 0.2) is 11.6 Å². The van der Waals surface area contributed by atoms with Crippen molar-refractivity contribution in [2.24, 2.45) is 39.4 Å². The van der Waals surface area contributed by atoms with Crippen LogP contribution in [0.25, 0.3) is 0 Å². The fourth-order valence-corrected chi connectivity index (χ4v) is 7.48. The molecular weight excluding hydrogens is 400 g/mol. The molecule has 0 spiro atoms. The number of carbonyl (C=O) groups excluding carboxylic acids is 2. The molecule has 3 rings (SSSR count). The average Bonchev–Trinajstić information content (AvgIpc) is 2.81. The third-order valence-corrected chi connectivity index (χ3v) is 9.38. The highest BCUT2D eigenvalue weighted by molar-refractivity contribution is 5.91. The quantitative estimate of drug-likeness (QED) is 0.567. The summed E-state index contributed by atoms with van der Waals surface area (Å²) in [5.41, 5.74) is -3.23. The van der Waals surface area contributed by atoms with Crippen molar-refractivity contribution in [3.63, 3.8) is 0 Å². The number of ketones is 2. The number of aliphatic hydroxyl groups is 1. The van der Waals surface area contributed by atoms with Crippen molar-refractivity contribution in [1.82, 2.24) is 0 Å². The number of carbonyl (C=O) groups is 4. The van der Waals surface area contributed by atoms with E-state index in [-0.39, 0.29) is 30.3 Å². The molecule has 0 aliphatic heterocycles. The van der Waals surface area contributed by atoms with Gasteiger partial charge in [-0.2, -0.15) is 0 Å². The first-order valence-corrected chi connectivity index (χ1v) is 10.9. The molecule has 3 aliphatic rings. The minimum absolute atomic E-state index is 0.0642. The maximum Gasteiger partial charge on any atom is 0.313 e. The monoisotopic (exact) mass is 434 g/mol. The molecule has 0 heterocycles. The van der Waals surface area contributed by atoms with Gasteiger partial charge in [-0.3, -0.25) is 19.2 Å². The number of allylic oxidation sites excluding steroid dienone is 1. The molecule has 0 aromatic heterocycles. The Kier molecular flexibility index (Phi) is 5.33. The molecule has 0 unspecified atom stereocenters. The summed E-state index contributed by atoms with van der Waals surface area (Å²) >= 11 is 0. The Morgan fingerprint density at radius 3 is 2.19 bits per heavy atom. The second kappa shape index (κ2) is 6.99. The number of aliphatic hydroxyl groups excluding tert-OH is 1. The fourth-order valence-electron chi connectivity index (χ4n) is 7.48. The van der Waals surface area contributed by atoms with Crippen molar-refractivity contribution in [1.29, 1.82) is 0 Å². The maximum absolute atomic E-state index is 13.8. The van der Waals surface area contributed by atoms with E-state index in [0.29, 0.717) is 18.4 Å². The van der Waals surface area contributed by atoms with Crippen LogP contribution in [0.5, 0.6) is 0 Å². The molecule has 0 aromatic carbocycles. The van der Waals surface area contributed by atoms with Gasteiger partial charge >= 0.3 is 11.9 Å². The smallest absolute Gasteiger partial charge is 0.313 e. The number of aliphatic carboxylic acids is 2. The summed E-state index contributed by atoms with van der Waals surface area (Å²) in [4.78, 5) is 50.1. The average molecular weight is 435 g/mol. The van der Waals surface area contributed by atoms with Gasteiger partial charge < -0.3 is 15.3 Å². The van der Waals surface area contributed by atoms with Crippen molar-refractivity contribution in [2.75, 3.05) is 0 Å². The Morgan fingerprint density at radius 1 is 1.13 bits per heavy atom. The van der Waals surface area contributed by atoms with Gasteiger partial charge in [0.1, 0.15) is 11.6 Å². The van der Waals surface area contributed by atoms with Crippen molar-refractivity contribution in [3.05, 3.63) is 11.6 Å². The Bertz CT molecular complexity index is 886. The van der Waals surface area contributed by atoms with Crippen LogP contribution in [0.3, 0.4) is 0 Å². The lowest BCUT2D eigenvalue weighted by molar-refractivity contribution is -0.171. The van der Waals surface area contributed by atoms with E-state index in [9.17, 15) is 34.5 Å². The van der Waals surface area contributed by atoms with Gasteiger partial charge in [0.25, 0.3) is 0 Å². The molecule has 0 saturated heterocycles. The molecule has 7 atom stereocenters. The van der Waals surface area contributed by atoms with E-state index in [1.165, 1.54) is 6.92 Å². The Balaban J connectivity index is 2.23. The van der Waals surface area contributed by atoms with Gasteiger partial charge in [-0.1, -0.05) is 32.4 Å². The number of rotatable bonds is 5. The lowest BCUT2D eigenvalue weighted by Crippen LogP contribution is -2.62. The first kappa shape index (κ1) is 23.6. The Morgan fingerprint density at radius 2 is 1.71 bits per heavy atom. The van der Waals surface area contributed by atoms with Crippen molar-refractivity contribution < 1.29 is 34.5 Å². The van der Waals surface area contributed by atoms with Crippen molar-refractivity contribution in [3.8, 4) is 0 Å². The van der Waals surface area contributed by atoms with E-state index in [2.05, 4.69) is 0 Å². The normalized spacial score (nSPS) is 42.4. The van der Waals surface area contributed by atoms with E-state index in [0.717, 1.165) is 0 Å². The molecular formula is C24H34O7. The van der Waals surface area contributed by atoms with Gasteiger partial charge in [-0.05, 0) is 50.4 Å².